The molecule has 106 valence electrons. The quantitative estimate of drug-likeness (QED) is 0.943. The van der Waals surface area contributed by atoms with Gasteiger partial charge in [0.05, 0.1) is 10.6 Å². The molecule has 5 heteroatoms. The summed E-state index contributed by atoms with van der Waals surface area (Å²) in [6.07, 6.45) is 5.91. The van der Waals surface area contributed by atoms with Crippen molar-refractivity contribution < 1.29 is 4.79 Å². The van der Waals surface area contributed by atoms with Gasteiger partial charge in [-0.25, -0.2) is 0 Å². The normalized spacial score (nSPS) is 16.2. The molecule has 1 aliphatic rings. The number of nitrogens with one attached hydrogen (secondary N) is 1. The van der Waals surface area contributed by atoms with Crippen molar-refractivity contribution >= 4 is 17.2 Å². The van der Waals surface area contributed by atoms with Crippen LogP contribution in [0.5, 0.6) is 0 Å². The number of nitrogens with zero attached hydrogens (tertiary/aromatic N) is 2. The number of hydrogen-bond donors (Lipinski definition) is 1. The van der Waals surface area contributed by atoms with Crippen molar-refractivity contribution in [3.63, 3.8) is 0 Å². The molecular weight excluding hydrogens is 270 g/mol. The molecule has 1 aliphatic carbocycles. The van der Waals surface area contributed by atoms with Crippen LogP contribution in [0.25, 0.3) is 10.6 Å². The molecule has 1 fully saturated rings. The largest absolute Gasteiger partial charge is 0.348 e. The van der Waals surface area contributed by atoms with Crippen LogP contribution in [0.15, 0.2) is 23.6 Å². The van der Waals surface area contributed by atoms with Gasteiger partial charge in [0.1, 0.15) is 0 Å². The number of amides is 1. The summed E-state index contributed by atoms with van der Waals surface area (Å²) in [7, 11) is 1.88. The molecule has 1 amide bonds. The minimum atomic E-state index is -0.0460. The van der Waals surface area contributed by atoms with E-state index in [2.05, 4.69) is 10.4 Å². The van der Waals surface area contributed by atoms with Gasteiger partial charge in [0.2, 0.25) is 0 Å². The van der Waals surface area contributed by atoms with Crippen LogP contribution in [0.1, 0.15) is 42.6 Å². The lowest BCUT2D eigenvalue weighted by atomic mass is 9.95. The maximum Gasteiger partial charge on any atom is 0.272 e. The third-order valence-electron chi connectivity index (χ3n) is 3.83. The maximum absolute atomic E-state index is 12.3. The molecule has 3 rings (SSSR count). The molecule has 2 aromatic rings. The number of hydrogen-bond acceptors (Lipinski definition) is 3. The number of carbonyl (C=O) groups is 1. The molecule has 20 heavy (non-hydrogen) atoms. The summed E-state index contributed by atoms with van der Waals surface area (Å²) in [5.41, 5.74) is 1.51. The number of rotatable bonds is 3. The van der Waals surface area contributed by atoms with Gasteiger partial charge in [-0.05, 0) is 30.4 Å². The Labute approximate surface area is 122 Å². The molecule has 2 aromatic heterocycles. The molecule has 0 radical (unpaired) electrons. The number of aromatic nitrogens is 2. The number of carbonyl (C=O) groups excluding carboxylic acids is 1. The second-order valence-corrected chi connectivity index (χ2v) is 6.27. The second kappa shape index (κ2) is 5.79. The van der Waals surface area contributed by atoms with Gasteiger partial charge in [0.25, 0.3) is 5.91 Å². The zero-order valence-electron chi connectivity index (χ0n) is 11.6. The molecule has 0 bridgehead atoms. The molecule has 0 aliphatic heterocycles. The van der Waals surface area contributed by atoms with Crippen molar-refractivity contribution in [2.45, 2.75) is 38.1 Å². The SMILES string of the molecule is Cn1nc(C(=O)NC2CCCCC2)cc1-c1cccs1. The first-order chi connectivity index (χ1) is 9.74. The first-order valence-corrected chi connectivity index (χ1v) is 8.01. The number of thiophene rings is 1. The molecule has 1 saturated carbocycles. The highest BCUT2D eigenvalue weighted by Crippen LogP contribution is 2.25. The molecule has 0 atom stereocenters. The minimum Gasteiger partial charge on any atom is -0.348 e. The van der Waals surface area contributed by atoms with Crippen molar-refractivity contribution in [3.05, 3.63) is 29.3 Å². The Balaban J connectivity index is 1.73. The van der Waals surface area contributed by atoms with Crippen LogP contribution < -0.4 is 5.32 Å². The highest BCUT2D eigenvalue weighted by molar-refractivity contribution is 7.13. The maximum atomic E-state index is 12.3. The van der Waals surface area contributed by atoms with Crippen molar-refractivity contribution in [1.82, 2.24) is 15.1 Å². The first kappa shape index (κ1) is 13.4. The van der Waals surface area contributed by atoms with Crippen LogP contribution in [-0.2, 0) is 7.05 Å². The third-order valence-corrected chi connectivity index (χ3v) is 4.72. The van der Waals surface area contributed by atoms with Gasteiger partial charge in [-0.3, -0.25) is 9.48 Å². The lowest BCUT2D eigenvalue weighted by molar-refractivity contribution is 0.0922. The van der Waals surface area contributed by atoms with E-state index in [9.17, 15) is 4.79 Å². The van der Waals surface area contributed by atoms with Crippen LogP contribution >= 0.6 is 11.3 Å². The summed E-state index contributed by atoms with van der Waals surface area (Å²) in [5.74, 6) is -0.0460. The Morgan fingerprint density at radius 3 is 2.90 bits per heavy atom. The highest BCUT2D eigenvalue weighted by Gasteiger charge is 2.19. The molecular formula is C15H19N3OS. The molecule has 1 N–H and O–H groups in total. The van der Waals surface area contributed by atoms with Crippen molar-refractivity contribution in [1.29, 1.82) is 0 Å². The lowest BCUT2D eigenvalue weighted by Crippen LogP contribution is -2.36. The summed E-state index contributed by atoms with van der Waals surface area (Å²) < 4.78 is 1.78. The standard InChI is InChI=1S/C15H19N3OS/c1-18-13(14-8-5-9-20-14)10-12(17-18)15(19)16-11-6-3-2-4-7-11/h5,8-11H,2-4,6-7H2,1H3,(H,16,19). The molecule has 2 heterocycles. The Bertz CT molecular complexity index is 582. The van der Waals surface area contributed by atoms with Gasteiger partial charge in [-0.2, -0.15) is 5.10 Å². The summed E-state index contributed by atoms with van der Waals surface area (Å²) in [5, 5.41) is 9.48. The minimum absolute atomic E-state index is 0.0460. The monoisotopic (exact) mass is 289 g/mol. The van der Waals surface area contributed by atoms with Crippen LogP contribution in [-0.4, -0.2) is 21.7 Å². The van der Waals surface area contributed by atoms with Crippen molar-refractivity contribution in [2.75, 3.05) is 0 Å². The van der Waals surface area contributed by atoms with Gasteiger partial charge in [-0.15, -0.1) is 11.3 Å². The Morgan fingerprint density at radius 2 is 2.20 bits per heavy atom. The highest BCUT2D eigenvalue weighted by atomic mass is 32.1. The predicted molar refractivity (Wildman–Crippen MR) is 80.9 cm³/mol. The van der Waals surface area contributed by atoms with Gasteiger partial charge in [0, 0.05) is 13.1 Å². The molecule has 0 saturated heterocycles. The van der Waals surface area contributed by atoms with Crippen molar-refractivity contribution in [3.8, 4) is 10.6 Å². The Hall–Kier alpha value is -1.62. The van der Waals surface area contributed by atoms with E-state index >= 15 is 0 Å². The van der Waals surface area contributed by atoms with Gasteiger partial charge in [-0.1, -0.05) is 25.3 Å². The van der Waals surface area contributed by atoms with E-state index < -0.39 is 0 Å². The van der Waals surface area contributed by atoms with Gasteiger partial charge in [0.15, 0.2) is 5.69 Å². The van der Waals surface area contributed by atoms with E-state index in [1.165, 1.54) is 19.3 Å². The molecule has 0 aromatic carbocycles. The van der Waals surface area contributed by atoms with Gasteiger partial charge >= 0.3 is 0 Å². The van der Waals surface area contributed by atoms with E-state index in [1.807, 2.05) is 30.6 Å². The molecule has 0 unspecified atom stereocenters. The zero-order chi connectivity index (χ0) is 13.9. The fourth-order valence-electron chi connectivity index (χ4n) is 2.74. The van der Waals surface area contributed by atoms with Crippen LogP contribution in [0, 0.1) is 0 Å². The van der Waals surface area contributed by atoms with Crippen LogP contribution in [0.3, 0.4) is 0 Å². The van der Waals surface area contributed by atoms with E-state index in [-0.39, 0.29) is 5.91 Å². The van der Waals surface area contributed by atoms with Crippen LogP contribution in [0.4, 0.5) is 0 Å². The topological polar surface area (TPSA) is 46.9 Å². The predicted octanol–water partition coefficient (Wildman–Crippen LogP) is 3.21. The van der Waals surface area contributed by atoms with Crippen molar-refractivity contribution in [2.24, 2.45) is 7.05 Å². The molecule has 4 nitrogen and oxygen atoms in total. The fraction of sp³-hybridized carbons (Fsp3) is 0.467. The first-order valence-electron chi connectivity index (χ1n) is 7.13. The average Bonchev–Trinajstić information content (AvgIpc) is 3.08. The van der Waals surface area contributed by atoms with E-state index in [1.54, 1.807) is 16.0 Å². The second-order valence-electron chi connectivity index (χ2n) is 5.32. The van der Waals surface area contributed by atoms with Crippen LogP contribution in [0.2, 0.25) is 0 Å². The fourth-order valence-corrected chi connectivity index (χ4v) is 3.51. The third kappa shape index (κ3) is 2.77. The Morgan fingerprint density at radius 1 is 1.40 bits per heavy atom. The van der Waals surface area contributed by atoms with E-state index in [4.69, 9.17) is 0 Å². The zero-order valence-corrected chi connectivity index (χ0v) is 12.4. The lowest BCUT2D eigenvalue weighted by Gasteiger charge is -2.22. The molecule has 0 spiro atoms. The smallest absolute Gasteiger partial charge is 0.272 e. The van der Waals surface area contributed by atoms with E-state index in [0.717, 1.165) is 23.4 Å². The van der Waals surface area contributed by atoms with Gasteiger partial charge < -0.3 is 5.32 Å². The number of aryl methyl sites for hydroxylation is 1. The Kier molecular flexibility index (Phi) is 3.87. The average molecular weight is 289 g/mol. The summed E-state index contributed by atoms with van der Waals surface area (Å²) in [6, 6.07) is 6.26. The van der Waals surface area contributed by atoms with E-state index in [0.29, 0.717) is 11.7 Å². The summed E-state index contributed by atoms with van der Waals surface area (Å²) in [4.78, 5) is 13.4. The summed E-state index contributed by atoms with van der Waals surface area (Å²) in [6.45, 7) is 0. The summed E-state index contributed by atoms with van der Waals surface area (Å²) >= 11 is 1.66.